The van der Waals surface area contributed by atoms with Crippen molar-refractivity contribution in [3.8, 4) is 11.6 Å². The van der Waals surface area contributed by atoms with Crippen LogP contribution in [0, 0.1) is 6.92 Å². The molecule has 0 bridgehead atoms. The average Bonchev–Trinajstić information content (AvgIpc) is 2.41. The zero-order chi connectivity index (χ0) is 14.7. The van der Waals surface area contributed by atoms with E-state index < -0.39 is 0 Å². The number of nitrogens with one attached hydrogen (secondary N) is 1. The normalized spacial score (nSPS) is 10.7. The third kappa shape index (κ3) is 3.37. The van der Waals surface area contributed by atoms with E-state index in [1.807, 2.05) is 39.0 Å². The summed E-state index contributed by atoms with van der Waals surface area (Å²) in [6.45, 7) is 5.96. The lowest BCUT2D eigenvalue weighted by Gasteiger charge is -2.11. The van der Waals surface area contributed by atoms with Crippen molar-refractivity contribution in [3.05, 3.63) is 40.7 Å². The Morgan fingerprint density at radius 3 is 2.60 bits per heavy atom. The maximum Gasteiger partial charge on any atom is 0.224 e. The Morgan fingerprint density at radius 1 is 1.25 bits per heavy atom. The van der Waals surface area contributed by atoms with E-state index in [0.29, 0.717) is 28.3 Å². The Balaban J connectivity index is 2.34. The number of halogens is 1. The first kappa shape index (κ1) is 14.6. The SMILES string of the molecule is Cc1ccc(Oc2cc(NN)nc(C(C)C)n2)c(Cl)c1. The van der Waals surface area contributed by atoms with Gasteiger partial charge in [0.2, 0.25) is 5.88 Å². The van der Waals surface area contributed by atoms with Crippen LogP contribution in [-0.2, 0) is 0 Å². The molecule has 2 rings (SSSR count). The molecule has 0 saturated heterocycles. The third-order valence-corrected chi connectivity index (χ3v) is 2.98. The number of hydrogen-bond acceptors (Lipinski definition) is 5. The molecule has 0 unspecified atom stereocenters. The molecular weight excluding hydrogens is 276 g/mol. The lowest BCUT2D eigenvalue weighted by molar-refractivity contribution is 0.457. The number of nitrogen functional groups attached to an aromatic ring is 1. The van der Waals surface area contributed by atoms with Gasteiger partial charge in [0.15, 0.2) is 0 Å². The van der Waals surface area contributed by atoms with Gasteiger partial charge >= 0.3 is 0 Å². The fourth-order valence-corrected chi connectivity index (χ4v) is 1.90. The van der Waals surface area contributed by atoms with E-state index in [1.165, 1.54) is 0 Å². The number of nitrogens with two attached hydrogens (primary N) is 1. The molecule has 0 aliphatic rings. The minimum absolute atomic E-state index is 0.166. The molecule has 6 heteroatoms. The molecule has 0 amide bonds. The lowest BCUT2D eigenvalue weighted by atomic mass is 10.2. The highest BCUT2D eigenvalue weighted by molar-refractivity contribution is 6.32. The van der Waals surface area contributed by atoms with Crippen LogP contribution in [0.3, 0.4) is 0 Å². The Kier molecular flexibility index (Phi) is 4.42. The van der Waals surface area contributed by atoms with E-state index in [9.17, 15) is 0 Å². The number of aromatic nitrogens is 2. The summed E-state index contributed by atoms with van der Waals surface area (Å²) in [5, 5.41) is 0.539. The topological polar surface area (TPSA) is 73.1 Å². The number of nitrogens with zero attached hydrogens (tertiary/aromatic N) is 2. The van der Waals surface area contributed by atoms with Crippen molar-refractivity contribution >= 4 is 17.4 Å². The minimum atomic E-state index is 0.166. The predicted octanol–water partition coefficient (Wildman–Crippen LogP) is 3.64. The van der Waals surface area contributed by atoms with Crippen molar-refractivity contribution in [1.29, 1.82) is 0 Å². The second kappa shape index (κ2) is 6.07. The number of anilines is 1. The van der Waals surface area contributed by atoms with Crippen molar-refractivity contribution in [2.75, 3.05) is 5.43 Å². The second-order valence-corrected chi connectivity index (χ2v) is 5.19. The summed E-state index contributed by atoms with van der Waals surface area (Å²) < 4.78 is 5.72. The summed E-state index contributed by atoms with van der Waals surface area (Å²) in [4.78, 5) is 8.62. The summed E-state index contributed by atoms with van der Waals surface area (Å²) in [6.07, 6.45) is 0. The van der Waals surface area contributed by atoms with Crippen molar-refractivity contribution in [1.82, 2.24) is 9.97 Å². The molecule has 2 aromatic rings. The number of hydrazine groups is 1. The van der Waals surface area contributed by atoms with Crippen LogP contribution in [-0.4, -0.2) is 9.97 Å². The van der Waals surface area contributed by atoms with Gasteiger partial charge in [0.25, 0.3) is 0 Å². The minimum Gasteiger partial charge on any atom is -0.437 e. The molecular formula is C14H17ClN4O. The molecule has 0 atom stereocenters. The summed E-state index contributed by atoms with van der Waals surface area (Å²) >= 11 is 6.15. The van der Waals surface area contributed by atoms with Crippen molar-refractivity contribution in [2.24, 2.45) is 5.84 Å². The van der Waals surface area contributed by atoms with Gasteiger partial charge in [-0.3, -0.25) is 0 Å². The van der Waals surface area contributed by atoms with Gasteiger partial charge in [-0.05, 0) is 24.6 Å². The fraction of sp³-hybridized carbons (Fsp3) is 0.286. The van der Waals surface area contributed by atoms with Crippen LogP contribution < -0.4 is 16.0 Å². The maximum absolute atomic E-state index is 6.15. The van der Waals surface area contributed by atoms with Gasteiger partial charge in [-0.1, -0.05) is 31.5 Å². The van der Waals surface area contributed by atoms with Crippen molar-refractivity contribution in [2.45, 2.75) is 26.7 Å². The predicted molar refractivity (Wildman–Crippen MR) is 80.2 cm³/mol. The molecule has 3 N–H and O–H groups in total. The highest BCUT2D eigenvalue weighted by atomic mass is 35.5. The third-order valence-electron chi connectivity index (χ3n) is 2.69. The molecule has 0 aliphatic carbocycles. The van der Waals surface area contributed by atoms with Crippen molar-refractivity contribution < 1.29 is 4.74 Å². The summed E-state index contributed by atoms with van der Waals surface area (Å²) in [5.41, 5.74) is 3.57. The first-order valence-electron chi connectivity index (χ1n) is 6.29. The summed E-state index contributed by atoms with van der Waals surface area (Å²) in [6, 6.07) is 7.20. The van der Waals surface area contributed by atoms with Crippen LogP contribution >= 0.6 is 11.6 Å². The largest absolute Gasteiger partial charge is 0.437 e. The highest BCUT2D eigenvalue weighted by Crippen LogP contribution is 2.30. The first-order valence-corrected chi connectivity index (χ1v) is 6.67. The Labute approximate surface area is 123 Å². The molecule has 0 spiro atoms. The van der Waals surface area contributed by atoms with E-state index >= 15 is 0 Å². The van der Waals surface area contributed by atoms with Gasteiger partial charge in [0, 0.05) is 12.0 Å². The van der Waals surface area contributed by atoms with Gasteiger partial charge in [-0.2, -0.15) is 4.98 Å². The Morgan fingerprint density at radius 2 is 2.00 bits per heavy atom. The zero-order valence-corrected chi connectivity index (χ0v) is 12.4. The molecule has 0 aliphatic heterocycles. The molecule has 5 nitrogen and oxygen atoms in total. The Hall–Kier alpha value is -1.85. The molecule has 0 radical (unpaired) electrons. The number of aryl methyl sites for hydroxylation is 1. The van der Waals surface area contributed by atoms with E-state index in [0.717, 1.165) is 5.56 Å². The summed E-state index contributed by atoms with van der Waals surface area (Å²) in [7, 11) is 0. The lowest BCUT2D eigenvalue weighted by Crippen LogP contribution is -2.11. The standard InChI is InChI=1S/C14H17ClN4O/c1-8(2)14-17-12(19-16)7-13(18-14)20-11-5-4-9(3)6-10(11)15/h4-8H,16H2,1-3H3,(H,17,18,19). The first-order chi connectivity index (χ1) is 9.49. The molecule has 20 heavy (non-hydrogen) atoms. The van der Waals surface area contributed by atoms with Gasteiger partial charge in [-0.25, -0.2) is 10.8 Å². The zero-order valence-electron chi connectivity index (χ0n) is 11.6. The number of rotatable bonds is 4. The van der Waals surface area contributed by atoms with Crippen LogP contribution in [0.15, 0.2) is 24.3 Å². The smallest absolute Gasteiger partial charge is 0.224 e. The number of benzene rings is 1. The van der Waals surface area contributed by atoms with Crippen molar-refractivity contribution in [3.63, 3.8) is 0 Å². The molecule has 0 saturated carbocycles. The maximum atomic E-state index is 6.15. The van der Waals surface area contributed by atoms with Gasteiger partial charge in [0.1, 0.15) is 17.4 Å². The fourth-order valence-electron chi connectivity index (χ4n) is 1.63. The van der Waals surface area contributed by atoms with E-state index in [2.05, 4.69) is 15.4 Å². The van der Waals surface area contributed by atoms with E-state index in [4.69, 9.17) is 22.2 Å². The monoisotopic (exact) mass is 292 g/mol. The Bertz CT molecular complexity index is 616. The molecule has 1 aromatic carbocycles. The molecule has 106 valence electrons. The van der Waals surface area contributed by atoms with Crippen LogP contribution in [0.1, 0.15) is 31.2 Å². The highest BCUT2D eigenvalue weighted by Gasteiger charge is 2.10. The summed E-state index contributed by atoms with van der Waals surface area (Å²) in [5.74, 6) is 7.68. The number of ether oxygens (including phenoxy) is 1. The van der Waals surface area contributed by atoms with Crippen LogP contribution in [0.25, 0.3) is 0 Å². The van der Waals surface area contributed by atoms with Gasteiger partial charge in [-0.15, -0.1) is 0 Å². The van der Waals surface area contributed by atoms with Gasteiger partial charge in [0.05, 0.1) is 5.02 Å². The van der Waals surface area contributed by atoms with Crippen LogP contribution in [0.5, 0.6) is 11.6 Å². The molecule has 1 heterocycles. The quantitative estimate of drug-likeness (QED) is 0.665. The van der Waals surface area contributed by atoms with E-state index in [-0.39, 0.29) is 5.92 Å². The van der Waals surface area contributed by atoms with Crippen LogP contribution in [0.2, 0.25) is 5.02 Å². The molecule has 0 fully saturated rings. The van der Waals surface area contributed by atoms with E-state index in [1.54, 1.807) is 6.07 Å². The van der Waals surface area contributed by atoms with Gasteiger partial charge < -0.3 is 10.2 Å². The number of hydrogen-bond donors (Lipinski definition) is 2. The second-order valence-electron chi connectivity index (χ2n) is 4.78. The molecule has 1 aromatic heterocycles. The average molecular weight is 293 g/mol. The van der Waals surface area contributed by atoms with Crippen LogP contribution in [0.4, 0.5) is 5.82 Å².